The highest BCUT2D eigenvalue weighted by atomic mass is 32.2. The van der Waals surface area contributed by atoms with Gasteiger partial charge in [-0.2, -0.15) is 18.2 Å². The topological polar surface area (TPSA) is 98.2 Å². The summed E-state index contributed by atoms with van der Waals surface area (Å²) < 4.78 is 73.5. The van der Waals surface area contributed by atoms with Gasteiger partial charge in [0.1, 0.15) is 5.76 Å². The first kappa shape index (κ1) is 18.9. The molecule has 0 amide bonds. The van der Waals surface area contributed by atoms with E-state index in [1.165, 1.54) is 36.6 Å². The molecule has 2 aromatic heterocycles. The summed E-state index contributed by atoms with van der Waals surface area (Å²) in [6.07, 6.45) is -0.749. The summed E-state index contributed by atoms with van der Waals surface area (Å²) in [6.45, 7) is -0.0154. The van der Waals surface area contributed by atoms with Crippen LogP contribution in [0.2, 0.25) is 0 Å². The third-order valence-electron chi connectivity index (χ3n) is 3.29. The molecule has 27 heavy (non-hydrogen) atoms. The highest BCUT2D eigenvalue weighted by Crippen LogP contribution is 2.27. The fourth-order valence-corrected chi connectivity index (χ4v) is 3.08. The van der Waals surface area contributed by atoms with E-state index in [0.29, 0.717) is 11.3 Å². The highest BCUT2D eigenvalue weighted by molar-refractivity contribution is 7.89. The molecule has 1 N–H and O–H groups in total. The molecule has 0 bridgehead atoms. The average Bonchev–Trinajstić information content (AvgIpc) is 3.30. The Morgan fingerprint density at radius 1 is 1.15 bits per heavy atom. The summed E-state index contributed by atoms with van der Waals surface area (Å²) >= 11 is 0. The average molecular weight is 399 g/mol. The molecule has 0 saturated heterocycles. The monoisotopic (exact) mass is 399 g/mol. The zero-order valence-corrected chi connectivity index (χ0v) is 14.3. The van der Waals surface area contributed by atoms with E-state index in [4.69, 9.17) is 4.42 Å². The second-order valence-electron chi connectivity index (χ2n) is 5.27. The molecule has 3 rings (SSSR count). The Labute approximate surface area is 151 Å². The van der Waals surface area contributed by atoms with Gasteiger partial charge < -0.3 is 8.94 Å². The lowest BCUT2D eigenvalue weighted by Gasteiger charge is -2.06. The first-order valence-electron chi connectivity index (χ1n) is 7.45. The number of nitrogens with zero attached hydrogens (tertiary/aromatic N) is 2. The second-order valence-corrected chi connectivity index (χ2v) is 7.03. The van der Waals surface area contributed by atoms with Crippen molar-refractivity contribution in [3.05, 3.63) is 65.7 Å². The number of alkyl halides is 3. The van der Waals surface area contributed by atoms with Gasteiger partial charge in [0, 0.05) is 0 Å². The van der Waals surface area contributed by atoms with Crippen molar-refractivity contribution in [1.29, 1.82) is 0 Å². The van der Waals surface area contributed by atoms with Gasteiger partial charge in [0.25, 0.3) is 0 Å². The van der Waals surface area contributed by atoms with Crippen molar-refractivity contribution in [1.82, 2.24) is 14.9 Å². The number of furan rings is 1. The van der Waals surface area contributed by atoms with Crippen molar-refractivity contribution in [2.24, 2.45) is 0 Å². The number of rotatable bonds is 6. The molecule has 0 fully saturated rings. The maximum Gasteiger partial charge on any atom is 0.471 e. The number of sulfonamides is 1. The summed E-state index contributed by atoms with van der Waals surface area (Å²) in [5, 5.41) is 3.19. The van der Waals surface area contributed by atoms with Gasteiger partial charge in [-0.05, 0) is 35.9 Å². The smallest absolute Gasteiger partial charge is 0.468 e. The largest absolute Gasteiger partial charge is 0.471 e. The lowest BCUT2D eigenvalue weighted by atomic mass is 10.2. The fraction of sp³-hybridized carbons (Fsp3) is 0.125. The molecule has 3 aromatic rings. The third kappa shape index (κ3) is 4.83. The van der Waals surface area contributed by atoms with Crippen LogP contribution in [-0.4, -0.2) is 18.6 Å². The first-order chi connectivity index (χ1) is 12.7. The Morgan fingerprint density at radius 2 is 1.96 bits per heavy atom. The zero-order chi connectivity index (χ0) is 19.5. The molecule has 2 heterocycles. The maximum absolute atomic E-state index is 12.4. The molecule has 0 saturated carbocycles. The predicted octanol–water partition coefficient (Wildman–Crippen LogP) is 3.33. The molecule has 142 valence electrons. The van der Waals surface area contributed by atoms with Crippen LogP contribution in [0.25, 0.3) is 12.2 Å². The van der Waals surface area contributed by atoms with Crippen LogP contribution in [0.15, 0.2) is 56.5 Å². The number of hydrogen-bond donors (Lipinski definition) is 1. The zero-order valence-electron chi connectivity index (χ0n) is 13.5. The van der Waals surface area contributed by atoms with Crippen LogP contribution in [0.4, 0.5) is 13.2 Å². The van der Waals surface area contributed by atoms with Gasteiger partial charge in [-0.3, -0.25) is 0 Å². The molecule has 0 spiro atoms. The van der Waals surface area contributed by atoms with Crippen LogP contribution in [-0.2, 0) is 22.7 Å². The Kier molecular flexibility index (Phi) is 5.15. The molecule has 0 atom stereocenters. The van der Waals surface area contributed by atoms with Crippen molar-refractivity contribution in [3.63, 3.8) is 0 Å². The van der Waals surface area contributed by atoms with Gasteiger partial charge in [-0.25, -0.2) is 13.1 Å². The summed E-state index contributed by atoms with van der Waals surface area (Å²) in [4.78, 5) is 3.18. The molecule has 0 aliphatic heterocycles. The molecule has 0 unspecified atom stereocenters. The first-order valence-corrected chi connectivity index (χ1v) is 8.93. The molecule has 0 aliphatic rings. The minimum Gasteiger partial charge on any atom is -0.468 e. The third-order valence-corrected chi connectivity index (χ3v) is 4.69. The summed E-state index contributed by atoms with van der Waals surface area (Å²) in [5.74, 6) is -1.29. The molecule has 1 aromatic carbocycles. The van der Waals surface area contributed by atoms with E-state index in [-0.39, 0.29) is 17.3 Å². The van der Waals surface area contributed by atoms with Crippen LogP contribution in [0.1, 0.15) is 23.0 Å². The molecule has 0 aliphatic carbocycles. The fourth-order valence-electron chi connectivity index (χ4n) is 2.04. The van der Waals surface area contributed by atoms with Crippen molar-refractivity contribution in [2.45, 2.75) is 17.6 Å². The number of halogens is 3. The van der Waals surface area contributed by atoms with Gasteiger partial charge in [-0.1, -0.05) is 23.4 Å². The van der Waals surface area contributed by atoms with Gasteiger partial charge in [0.2, 0.25) is 10.0 Å². The maximum atomic E-state index is 12.4. The van der Waals surface area contributed by atoms with Crippen LogP contribution >= 0.6 is 0 Å². The normalized spacial score (nSPS) is 12.7. The van der Waals surface area contributed by atoms with E-state index in [1.807, 2.05) is 0 Å². The Balaban J connectivity index is 1.74. The van der Waals surface area contributed by atoms with Crippen molar-refractivity contribution < 1.29 is 30.5 Å². The Hall–Kier alpha value is -2.92. The Bertz CT molecular complexity index is 1040. The summed E-state index contributed by atoms with van der Waals surface area (Å²) in [5.41, 5.74) is 0.425. The van der Waals surface area contributed by atoms with E-state index >= 15 is 0 Å². The van der Waals surface area contributed by atoms with E-state index < -0.39 is 22.1 Å². The van der Waals surface area contributed by atoms with E-state index in [2.05, 4.69) is 19.4 Å². The van der Waals surface area contributed by atoms with Gasteiger partial charge >= 0.3 is 12.1 Å². The summed E-state index contributed by atoms with van der Waals surface area (Å²) in [6, 6.07) is 9.08. The quantitative estimate of drug-likeness (QED) is 0.683. The SMILES string of the molecule is O=S(=O)(NCc1ccco1)c1cccc(/C=C/c2noc(C(F)(F)F)n2)c1. The second kappa shape index (κ2) is 7.37. The van der Waals surface area contributed by atoms with Crippen LogP contribution in [0.5, 0.6) is 0 Å². The minimum atomic E-state index is -4.73. The predicted molar refractivity (Wildman–Crippen MR) is 87.4 cm³/mol. The van der Waals surface area contributed by atoms with Gasteiger partial charge in [0.05, 0.1) is 17.7 Å². The van der Waals surface area contributed by atoms with Crippen molar-refractivity contribution in [2.75, 3.05) is 0 Å². The van der Waals surface area contributed by atoms with Crippen LogP contribution in [0.3, 0.4) is 0 Å². The standard InChI is InChI=1S/C16H12F3N3O4S/c17-16(18,19)15-21-14(22-26-15)7-6-11-3-1-5-13(9-11)27(23,24)20-10-12-4-2-8-25-12/h1-9,20H,10H2/b7-6+. The number of aromatic nitrogens is 2. The molecule has 11 heteroatoms. The van der Waals surface area contributed by atoms with Crippen LogP contribution in [0, 0.1) is 0 Å². The van der Waals surface area contributed by atoms with Crippen molar-refractivity contribution >= 4 is 22.2 Å². The molecule has 0 radical (unpaired) electrons. The lowest BCUT2D eigenvalue weighted by Crippen LogP contribution is -2.23. The van der Waals surface area contributed by atoms with E-state index in [1.54, 1.807) is 18.2 Å². The van der Waals surface area contributed by atoms with E-state index in [9.17, 15) is 21.6 Å². The highest BCUT2D eigenvalue weighted by Gasteiger charge is 2.38. The number of nitrogens with one attached hydrogen (secondary N) is 1. The lowest BCUT2D eigenvalue weighted by molar-refractivity contribution is -0.159. The van der Waals surface area contributed by atoms with Gasteiger partial charge in [-0.15, -0.1) is 0 Å². The minimum absolute atomic E-state index is 0.0136. The molecule has 7 nitrogen and oxygen atoms in total. The molecular weight excluding hydrogens is 387 g/mol. The van der Waals surface area contributed by atoms with E-state index in [0.717, 1.165) is 0 Å². The number of benzene rings is 1. The number of hydrogen-bond acceptors (Lipinski definition) is 6. The summed E-state index contributed by atoms with van der Waals surface area (Å²) in [7, 11) is -3.80. The molecular formula is C16H12F3N3O4S. The Morgan fingerprint density at radius 3 is 2.63 bits per heavy atom. The van der Waals surface area contributed by atoms with Crippen LogP contribution < -0.4 is 4.72 Å². The van der Waals surface area contributed by atoms with Crippen molar-refractivity contribution in [3.8, 4) is 0 Å². The van der Waals surface area contributed by atoms with Gasteiger partial charge in [0.15, 0.2) is 5.82 Å².